The number of hydrogen-bond donors (Lipinski definition) is 2. The van der Waals surface area contributed by atoms with E-state index < -0.39 is 32.7 Å². The Labute approximate surface area is 171 Å². The first kappa shape index (κ1) is 19.7. The van der Waals surface area contributed by atoms with Crippen molar-refractivity contribution in [2.75, 3.05) is 5.01 Å². The zero-order valence-corrected chi connectivity index (χ0v) is 16.5. The molecule has 0 aliphatic carbocycles. The highest BCUT2D eigenvalue weighted by Gasteiger charge is 2.34. The number of nitrogens with zero attached hydrogens (tertiary/aromatic N) is 4. The van der Waals surface area contributed by atoms with Crippen LogP contribution in [0.15, 0.2) is 80.9 Å². The maximum Gasteiger partial charge on any atom is 0.295 e. The van der Waals surface area contributed by atoms with Crippen LogP contribution in [0.4, 0.5) is 11.4 Å². The summed E-state index contributed by atoms with van der Waals surface area (Å²) in [4.78, 5) is 12.3. The van der Waals surface area contributed by atoms with Gasteiger partial charge in [-0.05, 0) is 19.1 Å². The number of benzene rings is 3. The Balaban J connectivity index is 1.74. The van der Waals surface area contributed by atoms with E-state index in [1.807, 2.05) is 6.07 Å². The molecule has 2 N–H and O–H groups in total. The summed E-state index contributed by atoms with van der Waals surface area (Å²) in [5.41, 5.74) is 0.994. The summed E-state index contributed by atoms with van der Waals surface area (Å²) < 4.78 is 32.8. The van der Waals surface area contributed by atoms with Gasteiger partial charge < -0.3 is 5.11 Å². The molecule has 152 valence electrons. The minimum Gasteiger partial charge on any atom is -0.506 e. The first-order chi connectivity index (χ1) is 14.3. The molecule has 0 aromatic heterocycles. The van der Waals surface area contributed by atoms with Crippen LogP contribution in [0.2, 0.25) is 0 Å². The van der Waals surface area contributed by atoms with Gasteiger partial charge in [0.15, 0.2) is 6.04 Å². The predicted octanol–water partition coefficient (Wildman–Crippen LogP) is 3.67. The number of azo groups is 1. The Hall–Kier alpha value is -3.63. The number of phenolic OH excluding ortho intramolecular Hbond substituents is 1. The zero-order valence-electron chi connectivity index (χ0n) is 15.7. The molecule has 3 aromatic carbocycles. The minimum absolute atomic E-state index is 0.0169. The van der Waals surface area contributed by atoms with E-state index >= 15 is 0 Å². The Morgan fingerprint density at radius 1 is 1.03 bits per heavy atom. The summed E-state index contributed by atoms with van der Waals surface area (Å²) in [6, 6.07) is 15.0. The van der Waals surface area contributed by atoms with E-state index in [0.717, 1.165) is 6.07 Å². The van der Waals surface area contributed by atoms with Crippen molar-refractivity contribution in [3.8, 4) is 5.75 Å². The van der Waals surface area contributed by atoms with Crippen molar-refractivity contribution in [1.29, 1.82) is 0 Å². The monoisotopic (exact) mass is 424 g/mol. The number of phenols is 1. The van der Waals surface area contributed by atoms with Crippen molar-refractivity contribution in [3.63, 3.8) is 0 Å². The van der Waals surface area contributed by atoms with E-state index in [9.17, 15) is 22.9 Å². The lowest BCUT2D eigenvalue weighted by Crippen LogP contribution is -2.29. The molecular formula is C20H16N4O5S. The fraction of sp³-hybridized carbons (Fsp3) is 0.100. The van der Waals surface area contributed by atoms with Gasteiger partial charge in [0.1, 0.15) is 16.3 Å². The Morgan fingerprint density at radius 3 is 2.33 bits per heavy atom. The van der Waals surface area contributed by atoms with Gasteiger partial charge in [0.05, 0.1) is 11.4 Å². The molecule has 0 radical (unpaired) electrons. The van der Waals surface area contributed by atoms with Crippen molar-refractivity contribution in [2.45, 2.75) is 17.9 Å². The second-order valence-electron chi connectivity index (χ2n) is 6.61. The van der Waals surface area contributed by atoms with E-state index in [4.69, 9.17) is 0 Å². The van der Waals surface area contributed by atoms with Crippen molar-refractivity contribution >= 4 is 43.9 Å². The number of carbonyl (C=O) groups excluding carboxylic acids is 1. The molecule has 0 fully saturated rings. The van der Waals surface area contributed by atoms with Gasteiger partial charge >= 0.3 is 0 Å². The Morgan fingerprint density at radius 2 is 1.67 bits per heavy atom. The van der Waals surface area contributed by atoms with E-state index in [2.05, 4.69) is 15.3 Å². The number of para-hydroxylation sites is 1. The normalized spacial score (nSPS) is 17.1. The molecule has 0 spiro atoms. The lowest BCUT2D eigenvalue weighted by atomic mass is 10.1. The van der Waals surface area contributed by atoms with Crippen LogP contribution >= 0.6 is 0 Å². The second-order valence-corrected chi connectivity index (χ2v) is 8.00. The number of rotatable bonds is 4. The first-order valence-corrected chi connectivity index (χ1v) is 10.3. The number of anilines is 1. The molecule has 0 saturated carbocycles. The lowest BCUT2D eigenvalue weighted by molar-refractivity contribution is -0.117. The number of carbonyl (C=O) groups is 1. The van der Waals surface area contributed by atoms with Crippen molar-refractivity contribution in [3.05, 3.63) is 60.7 Å². The molecule has 3 aromatic rings. The summed E-state index contributed by atoms with van der Waals surface area (Å²) in [5, 5.41) is 24.3. The van der Waals surface area contributed by atoms with Gasteiger partial charge in [-0.25, -0.2) is 0 Å². The Kier molecular flexibility index (Phi) is 4.80. The van der Waals surface area contributed by atoms with Crippen molar-refractivity contribution in [2.24, 2.45) is 15.3 Å². The Bertz CT molecular complexity index is 1320. The van der Waals surface area contributed by atoms with Gasteiger partial charge in [0, 0.05) is 16.8 Å². The van der Waals surface area contributed by atoms with Gasteiger partial charge in [-0.15, -0.1) is 0 Å². The summed E-state index contributed by atoms with van der Waals surface area (Å²) >= 11 is 0. The summed E-state index contributed by atoms with van der Waals surface area (Å²) in [5.74, 6) is -0.897. The molecule has 0 bridgehead atoms. The summed E-state index contributed by atoms with van der Waals surface area (Å²) in [7, 11) is -4.57. The van der Waals surface area contributed by atoms with Crippen LogP contribution in [0.25, 0.3) is 10.8 Å². The molecule has 1 atom stereocenters. The molecule has 1 aliphatic rings. The van der Waals surface area contributed by atoms with Crippen LogP contribution in [-0.4, -0.2) is 35.7 Å². The molecule has 30 heavy (non-hydrogen) atoms. The highest BCUT2D eigenvalue weighted by molar-refractivity contribution is 7.86. The standard InChI is InChI=1S/C20H16N4O5S/c1-12-18(20(26)24(23-12)13-7-3-2-4-8-13)21-22-19-15-10-6-5-9-14(15)17(11-16(19)25)30(27,28)29/h2-11,18,25H,1H3,(H,27,28,29)/t18-/m0/s1. The minimum atomic E-state index is -4.57. The van der Waals surface area contributed by atoms with E-state index in [1.165, 1.54) is 17.1 Å². The third-order valence-electron chi connectivity index (χ3n) is 4.61. The van der Waals surface area contributed by atoms with E-state index in [-0.39, 0.29) is 16.5 Å². The van der Waals surface area contributed by atoms with Crippen LogP contribution in [0.5, 0.6) is 5.75 Å². The van der Waals surface area contributed by atoms with Crippen LogP contribution in [0, 0.1) is 0 Å². The van der Waals surface area contributed by atoms with E-state index in [0.29, 0.717) is 11.4 Å². The quantitative estimate of drug-likeness (QED) is 0.487. The number of hydrogen-bond acceptors (Lipinski definition) is 7. The molecular weight excluding hydrogens is 408 g/mol. The maximum atomic E-state index is 12.8. The molecule has 0 saturated heterocycles. The number of fused-ring (bicyclic) bond motifs is 1. The van der Waals surface area contributed by atoms with Gasteiger partial charge in [0.2, 0.25) is 0 Å². The number of hydrazone groups is 1. The fourth-order valence-electron chi connectivity index (χ4n) is 3.19. The SMILES string of the molecule is CC1=NN(c2ccccc2)C(=O)[C@H]1N=Nc1c(O)cc(S(=O)(=O)O)c2ccccc12. The summed E-state index contributed by atoms with van der Waals surface area (Å²) in [6.07, 6.45) is 0. The van der Waals surface area contributed by atoms with Crippen molar-refractivity contribution < 1.29 is 22.9 Å². The third-order valence-corrected chi connectivity index (χ3v) is 5.50. The topological polar surface area (TPSA) is 132 Å². The molecule has 4 rings (SSSR count). The second kappa shape index (κ2) is 7.32. The molecule has 10 heteroatoms. The van der Waals surface area contributed by atoms with Crippen LogP contribution in [0.1, 0.15) is 6.92 Å². The van der Waals surface area contributed by atoms with E-state index in [1.54, 1.807) is 43.3 Å². The lowest BCUT2D eigenvalue weighted by Gasteiger charge is -2.12. The van der Waals surface area contributed by atoms with Crippen molar-refractivity contribution in [1.82, 2.24) is 0 Å². The van der Waals surface area contributed by atoms with Crippen LogP contribution in [0.3, 0.4) is 0 Å². The highest BCUT2D eigenvalue weighted by Crippen LogP contribution is 2.39. The van der Waals surface area contributed by atoms with Gasteiger partial charge in [-0.2, -0.15) is 28.8 Å². The first-order valence-electron chi connectivity index (χ1n) is 8.84. The van der Waals surface area contributed by atoms with Crippen LogP contribution < -0.4 is 5.01 Å². The summed E-state index contributed by atoms with van der Waals surface area (Å²) in [6.45, 7) is 1.64. The molecule has 9 nitrogen and oxygen atoms in total. The maximum absolute atomic E-state index is 12.8. The van der Waals surface area contributed by atoms with Gasteiger partial charge in [-0.3, -0.25) is 9.35 Å². The number of amides is 1. The highest BCUT2D eigenvalue weighted by atomic mass is 32.2. The zero-order chi connectivity index (χ0) is 21.5. The van der Waals surface area contributed by atoms with Gasteiger partial charge in [-0.1, -0.05) is 42.5 Å². The average molecular weight is 424 g/mol. The molecule has 1 amide bonds. The van der Waals surface area contributed by atoms with Gasteiger partial charge in [0.25, 0.3) is 16.0 Å². The van der Waals surface area contributed by atoms with Crippen LogP contribution in [-0.2, 0) is 14.9 Å². The predicted molar refractivity (Wildman–Crippen MR) is 111 cm³/mol. The average Bonchev–Trinajstić information content (AvgIpc) is 3.00. The third kappa shape index (κ3) is 3.42. The molecule has 0 unspecified atom stereocenters. The largest absolute Gasteiger partial charge is 0.506 e. The number of aromatic hydroxyl groups is 1. The molecule has 1 aliphatic heterocycles. The smallest absolute Gasteiger partial charge is 0.295 e. The fourth-order valence-corrected chi connectivity index (χ4v) is 3.91. The molecule has 1 heterocycles.